The molecule has 1 aliphatic heterocycles. The minimum Gasteiger partial charge on any atom is -0.493 e. The maximum atomic E-state index is 5.62. The molecule has 3 rings (SSSR count). The van der Waals surface area contributed by atoms with Crippen LogP contribution in [-0.2, 0) is 0 Å². The van der Waals surface area contributed by atoms with E-state index in [1.165, 1.54) is 31.4 Å². The molecule has 1 aromatic carbocycles. The van der Waals surface area contributed by atoms with Crippen molar-refractivity contribution in [3.05, 3.63) is 23.8 Å². The van der Waals surface area contributed by atoms with Crippen LogP contribution in [0, 0.1) is 11.8 Å². The lowest BCUT2D eigenvalue weighted by Gasteiger charge is -2.34. The number of fused-ring (bicyclic) bond motifs is 1. The molecule has 19 heavy (non-hydrogen) atoms. The van der Waals surface area contributed by atoms with E-state index in [-0.39, 0.29) is 0 Å². The van der Waals surface area contributed by atoms with Crippen molar-refractivity contribution in [2.24, 2.45) is 11.8 Å². The zero-order valence-corrected chi connectivity index (χ0v) is 11.8. The van der Waals surface area contributed by atoms with E-state index < -0.39 is 0 Å². The van der Waals surface area contributed by atoms with Crippen molar-refractivity contribution in [3.63, 3.8) is 0 Å². The highest BCUT2D eigenvalue weighted by Gasteiger charge is 2.38. The summed E-state index contributed by atoms with van der Waals surface area (Å²) in [7, 11) is 3.46. The van der Waals surface area contributed by atoms with Gasteiger partial charge < -0.3 is 14.8 Å². The van der Waals surface area contributed by atoms with Crippen molar-refractivity contribution in [2.75, 3.05) is 27.3 Å². The molecule has 0 aromatic heterocycles. The van der Waals surface area contributed by atoms with Crippen molar-refractivity contribution in [1.29, 1.82) is 0 Å². The third kappa shape index (κ3) is 2.20. The lowest BCUT2D eigenvalue weighted by Crippen LogP contribution is -2.26. The van der Waals surface area contributed by atoms with Gasteiger partial charge in [0.1, 0.15) is 0 Å². The van der Waals surface area contributed by atoms with Gasteiger partial charge in [0.15, 0.2) is 11.5 Å². The van der Waals surface area contributed by atoms with Gasteiger partial charge in [-0.25, -0.2) is 0 Å². The van der Waals surface area contributed by atoms with E-state index in [1.807, 2.05) is 6.07 Å². The summed E-state index contributed by atoms with van der Waals surface area (Å²) in [5.74, 6) is 4.00. The fourth-order valence-corrected chi connectivity index (χ4v) is 3.94. The maximum absolute atomic E-state index is 5.62. The van der Waals surface area contributed by atoms with E-state index in [2.05, 4.69) is 17.4 Å². The second kappa shape index (κ2) is 5.41. The van der Waals surface area contributed by atoms with Gasteiger partial charge in [-0.3, -0.25) is 0 Å². The normalized spacial score (nSPS) is 29.9. The molecule has 0 spiro atoms. The number of methoxy groups -OCH3 is 2. The second-order valence-electron chi connectivity index (χ2n) is 5.70. The Labute approximate surface area is 115 Å². The highest BCUT2D eigenvalue weighted by molar-refractivity contribution is 5.48. The van der Waals surface area contributed by atoms with Gasteiger partial charge in [0, 0.05) is 5.56 Å². The number of nitrogens with one attached hydrogen (secondary N) is 1. The summed E-state index contributed by atoms with van der Waals surface area (Å²) in [5, 5.41) is 3.56. The minimum absolute atomic E-state index is 0.610. The summed E-state index contributed by atoms with van der Waals surface area (Å²) >= 11 is 0. The monoisotopic (exact) mass is 261 g/mol. The molecule has 1 aromatic rings. The van der Waals surface area contributed by atoms with E-state index >= 15 is 0 Å². The molecule has 0 radical (unpaired) electrons. The Hall–Kier alpha value is -1.22. The highest BCUT2D eigenvalue weighted by Crippen LogP contribution is 2.47. The quantitative estimate of drug-likeness (QED) is 0.907. The third-order valence-corrected chi connectivity index (χ3v) is 4.83. The molecular weight excluding hydrogens is 238 g/mol. The topological polar surface area (TPSA) is 30.5 Å². The van der Waals surface area contributed by atoms with Crippen molar-refractivity contribution in [3.8, 4) is 11.5 Å². The van der Waals surface area contributed by atoms with Crippen LogP contribution in [0.2, 0.25) is 0 Å². The molecule has 0 amide bonds. The van der Waals surface area contributed by atoms with Gasteiger partial charge in [-0.05, 0) is 49.8 Å². The van der Waals surface area contributed by atoms with Gasteiger partial charge in [0.2, 0.25) is 0 Å². The van der Waals surface area contributed by atoms with Crippen LogP contribution in [0.1, 0.15) is 30.7 Å². The van der Waals surface area contributed by atoms with Crippen molar-refractivity contribution in [1.82, 2.24) is 5.32 Å². The largest absolute Gasteiger partial charge is 0.493 e. The molecule has 104 valence electrons. The number of benzene rings is 1. The van der Waals surface area contributed by atoms with Gasteiger partial charge in [-0.2, -0.15) is 0 Å². The first-order chi connectivity index (χ1) is 9.35. The number of para-hydroxylation sites is 1. The molecule has 1 heterocycles. The van der Waals surface area contributed by atoms with Crippen LogP contribution < -0.4 is 14.8 Å². The van der Waals surface area contributed by atoms with Crippen LogP contribution in [0.5, 0.6) is 11.5 Å². The Bertz CT molecular complexity index is 446. The number of hydrogen-bond donors (Lipinski definition) is 1. The molecule has 1 N–H and O–H groups in total. The van der Waals surface area contributed by atoms with E-state index in [1.54, 1.807) is 14.2 Å². The Morgan fingerprint density at radius 1 is 1.11 bits per heavy atom. The summed E-state index contributed by atoms with van der Waals surface area (Å²) in [6, 6.07) is 6.28. The standard InChI is InChI=1S/C16H23NO2/c1-18-15-8-4-7-13(16(15)19-2)12-6-3-5-11-9-17-10-14(11)12/h4,7-8,11-12,14,17H,3,5-6,9-10H2,1-2H3. The molecule has 1 saturated heterocycles. The maximum Gasteiger partial charge on any atom is 0.164 e. The number of rotatable bonds is 3. The molecule has 3 heteroatoms. The molecular formula is C16H23NO2. The Balaban J connectivity index is 1.96. The van der Waals surface area contributed by atoms with Crippen LogP contribution in [0.15, 0.2) is 18.2 Å². The van der Waals surface area contributed by atoms with Crippen LogP contribution in [0.3, 0.4) is 0 Å². The predicted octanol–water partition coefficient (Wildman–Crippen LogP) is 2.81. The van der Waals surface area contributed by atoms with E-state index in [9.17, 15) is 0 Å². The van der Waals surface area contributed by atoms with Crippen LogP contribution in [0.4, 0.5) is 0 Å². The highest BCUT2D eigenvalue weighted by atomic mass is 16.5. The Morgan fingerprint density at radius 3 is 2.79 bits per heavy atom. The Morgan fingerprint density at radius 2 is 2.00 bits per heavy atom. The van der Waals surface area contributed by atoms with E-state index in [0.29, 0.717) is 5.92 Å². The fourth-order valence-electron chi connectivity index (χ4n) is 3.94. The summed E-state index contributed by atoms with van der Waals surface area (Å²) in [4.78, 5) is 0. The minimum atomic E-state index is 0.610. The number of hydrogen-bond acceptors (Lipinski definition) is 3. The fraction of sp³-hybridized carbons (Fsp3) is 0.625. The molecule has 1 aliphatic carbocycles. The molecule has 2 aliphatic rings. The summed E-state index contributed by atoms with van der Waals surface area (Å²) in [5.41, 5.74) is 1.33. The van der Waals surface area contributed by atoms with E-state index in [0.717, 1.165) is 29.9 Å². The lowest BCUT2D eigenvalue weighted by molar-refractivity contribution is 0.251. The van der Waals surface area contributed by atoms with E-state index in [4.69, 9.17) is 9.47 Å². The van der Waals surface area contributed by atoms with Gasteiger partial charge in [0.25, 0.3) is 0 Å². The SMILES string of the molecule is COc1cccc(C2CCCC3CNCC32)c1OC. The third-order valence-electron chi connectivity index (χ3n) is 4.83. The van der Waals surface area contributed by atoms with Crippen LogP contribution in [0.25, 0.3) is 0 Å². The molecule has 3 unspecified atom stereocenters. The predicted molar refractivity (Wildman–Crippen MR) is 76.0 cm³/mol. The molecule has 1 saturated carbocycles. The Kier molecular flexibility index (Phi) is 3.65. The zero-order valence-electron chi connectivity index (χ0n) is 11.8. The lowest BCUT2D eigenvalue weighted by atomic mass is 9.71. The van der Waals surface area contributed by atoms with Crippen LogP contribution in [-0.4, -0.2) is 27.3 Å². The van der Waals surface area contributed by atoms with Crippen molar-refractivity contribution >= 4 is 0 Å². The molecule has 2 fully saturated rings. The smallest absolute Gasteiger partial charge is 0.164 e. The van der Waals surface area contributed by atoms with Gasteiger partial charge in [0.05, 0.1) is 14.2 Å². The molecule has 0 bridgehead atoms. The van der Waals surface area contributed by atoms with Crippen molar-refractivity contribution < 1.29 is 9.47 Å². The molecule has 3 atom stereocenters. The summed E-state index contributed by atoms with van der Waals surface area (Å²) in [6.07, 6.45) is 3.97. The second-order valence-corrected chi connectivity index (χ2v) is 5.70. The van der Waals surface area contributed by atoms with Crippen molar-refractivity contribution in [2.45, 2.75) is 25.2 Å². The summed E-state index contributed by atoms with van der Waals surface area (Å²) in [6.45, 7) is 2.34. The van der Waals surface area contributed by atoms with Crippen LogP contribution >= 0.6 is 0 Å². The first kappa shape index (κ1) is 12.8. The average Bonchev–Trinajstić information content (AvgIpc) is 2.94. The summed E-state index contributed by atoms with van der Waals surface area (Å²) < 4.78 is 11.1. The first-order valence-electron chi connectivity index (χ1n) is 7.26. The van der Waals surface area contributed by atoms with Gasteiger partial charge >= 0.3 is 0 Å². The number of ether oxygens (including phenoxy) is 2. The zero-order chi connectivity index (χ0) is 13.2. The first-order valence-corrected chi connectivity index (χ1v) is 7.26. The molecule has 3 nitrogen and oxygen atoms in total. The van der Waals surface area contributed by atoms with Gasteiger partial charge in [-0.1, -0.05) is 18.6 Å². The average molecular weight is 261 g/mol. The van der Waals surface area contributed by atoms with Gasteiger partial charge in [-0.15, -0.1) is 0 Å².